The van der Waals surface area contributed by atoms with Gasteiger partial charge in [0.1, 0.15) is 0 Å². The van der Waals surface area contributed by atoms with Crippen molar-refractivity contribution in [1.29, 1.82) is 0 Å². The van der Waals surface area contributed by atoms with Gasteiger partial charge in [0.05, 0.1) is 17.1 Å². The Morgan fingerprint density at radius 2 is 2.17 bits per heavy atom. The molecule has 3 aromatic rings. The van der Waals surface area contributed by atoms with E-state index in [9.17, 15) is 4.79 Å². The summed E-state index contributed by atoms with van der Waals surface area (Å²) in [5.41, 5.74) is 5.05. The van der Waals surface area contributed by atoms with E-state index >= 15 is 0 Å². The van der Waals surface area contributed by atoms with Crippen molar-refractivity contribution in [2.24, 2.45) is 0 Å². The predicted octanol–water partition coefficient (Wildman–Crippen LogP) is 3.03. The number of imidazole rings is 1. The summed E-state index contributed by atoms with van der Waals surface area (Å²) in [6, 6.07) is 9.90. The van der Waals surface area contributed by atoms with Crippen molar-refractivity contribution in [1.82, 2.24) is 19.9 Å². The van der Waals surface area contributed by atoms with E-state index in [2.05, 4.69) is 21.0 Å². The van der Waals surface area contributed by atoms with Crippen LogP contribution in [0.3, 0.4) is 0 Å². The molecular formula is C18H18N4O. The zero-order valence-electron chi connectivity index (χ0n) is 13.2. The van der Waals surface area contributed by atoms with Crippen molar-refractivity contribution in [2.75, 3.05) is 6.54 Å². The lowest BCUT2D eigenvalue weighted by Crippen LogP contribution is -2.39. The summed E-state index contributed by atoms with van der Waals surface area (Å²) in [4.78, 5) is 26.9. The summed E-state index contributed by atoms with van der Waals surface area (Å²) in [5.74, 6) is 0.357. The first-order valence-corrected chi connectivity index (χ1v) is 7.85. The van der Waals surface area contributed by atoms with Gasteiger partial charge in [0, 0.05) is 24.9 Å². The Balaban J connectivity index is 1.70. The minimum absolute atomic E-state index is 0.00857. The van der Waals surface area contributed by atoms with Crippen LogP contribution < -0.4 is 0 Å². The van der Waals surface area contributed by atoms with E-state index in [0.29, 0.717) is 12.4 Å². The van der Waals surface area contributed by atoms with Crippen LogP contribution in [0.2, 0.25) is 0 Å². The molecule has 2 aromatic heterocycles. The summed E-state index contributed by atoms with van der Waals surface area (Å²) in [6.45, 7) is 4.72. The summed E-state index contributed by atoms with van der Waals surface area (Å²) in [5, 5.41) is 0. The number of nitrogens with one attached hydrogen (secondary N) is 1. The molecule has 1 amide bonds. The molecule has 0 bridgehead atoms. The third-order valence-corrected chi connectivity index (χ3v) is 4.61. The Hall–Kier alpha value is -2.69. The molecular weight excluding hydrogens is 288 g/mol. The number of amides is 1. The van der Waals surface area contributed by atoms with Crippen molar-refractivity contribution in [3.05, 3.63) is 59.2 Å². The highest BCUT2D eigenvalue weighted by atomic mass is 16.2. The Kier molecular flexibility index (Phi) is 3.15. The number of aromatic nitrogens is 3. The molecule has 1 aromatic carbocycles. The van der Waals surface area contributed by atoms with Crippen molar-refractivity contribution in [3.8, 4) is 0 Å². The van der Waals surface area contributed by atoms with E-state index in [4.69, 9.17) is 0 Å². The number of pyridine rings is 1. The summed E-state index contributed by atoms with van der Waals surface area (Å²) < 4.78 is 0. The smallest absolute Gasteiger partial charge is 0.290 e. The average molecular weight is 306 g/mol. The standard InChI is InChI=1S/C18H18N4O/c1-11-5-3-7-15-16(11)21-17(20-15)18(23)22-10-8-14-13(12(22)2)6-4-9-19-14/h3-7,9,12H,8,10H2,1-2H3,(H,20,21)/t12-/m1/s1. The lowest BCUT2D eigenvalue weighted by molar-refractivity contribution is 0.0665. The number of carbonyl (C=O) groups is 1. The highest BCUT2D eigenvalue weighted by molar-refractivity contribution is 5.95. The third kappa shape index (κ3) is 2.20. The fourth-order valence-electron chi connectivity index (χ4n) is 3.32. The monoisotopic (exact) mass is 306 g/mol. The van der Waals surface area contributed by atoms with Gasteiger partial charge in [0.15, 0.2) is 5.82 Å². The number of nitrogens with zero attached hydrogens (tertiary/aromatic N) is 3. The minimum atomic E-state index is -0.0531. The van der Waals surface area contributed by atoms with E-state index in [1.165, 1.54) is 0 Å². The van der Waals surface area contributed by atoms with Crippen molar-refractivity contribution in [2.45, 2.75) is 26.3 Å². The summed E-state index contributed by atoms with van der Waals surface area (Å²) in [7, 11) is 0. The molecule has 1 atom stereocenters. The Labute approximate surface area is 134 Å². The molecule has 1 aliphatic rings. The van der Waals surface area contributed by atoms with Crippen LogP contribution >= 0.6 is 0 Å². The number of fused-ring (bicyclic) bond motifs is 2. The Bertz CT molecular complexity index is 899. The minimum Gasteiger partial charge on any atom is -0.334 e. The first-order valence-electron chi connectivity index (χ1n) is 7.85. The number of carbonyl (C=O) groups excluding carboxylic acids is 1. The van der Waals surface area contributed by atoms with Crippen LogP contribution in [-0.2, 0) is 6.42 Å². The highest BCUT2D eigenvalue weighted by Gasteiger charge is 2.30. The van der Waals surface area contributed by atoms with Crippen molar-refractivity contribution < 1.29 is 4.79 Å². The maximum Gasteiger partial charge on any atom is 0.290 e. The number of rotatable bonds is 1. The molecule has 0 spiro atoms. The van der Waals surface area contributed by atoms with E-state index in [-0.39, 0.29) is 11.9 Å². The van der Waals surface area contributed by atoms with Crippen molar-refractivity contribution >= 4 is 16.9 Å². The third-order valence-electron chi connectivity index (χ3n) is 4.61. The molecule has 1 aliphatic heterocycles. The van der Waals surface area contributed by atoms with Crippen molar-refractivity contribution in [3.63, 3.8) is 0 Å². The molecule has 0 aliphatic carbocycles. The lowest BCUT2D eigenvalue weighted by Gasteiger charge is -2.34. The van der Waals surface area contributed by atoms with Gasteiger partial charge in [-0.1, -0.05) is 18.2 Å². The van der Waals surface area contributed by atoms with Gasteiger partial charge in [0.2, 0.25) is 0 Å². The molecule has 0 fully saturated rings. The second-order valence-electron chi connectivity index (χ2n) is 6.02. The number of aromatic amines is 1. The van der Waals surface area contributed by atoms with Crippen LogP contribution in [0.15, 0.2) is 36.5 Å². The Morgan fingerprint density at radius 3 is 3.00 bits per heavy atom. The number of H-pyrrole nitrogens is 1. The lowest BCUT2D eigenvalue weighted by atomic mass is 9.98. The van der Waals surface area contributed by atoms with Gasteiger partial charge in [-0.25, -0.2) is 4.98 Å². The second-order valence-corrected chi connectivity index (χ2v) is 6.02. The van der Waals surface area contributed by atoms with Gasteiger partial charge >= 0.3 is 0 Å². The SMILES string of the molecule is Cc1cccc2[nH]c(C(=O)N3CCc4ncccc4[C@H]3C)nc12. The largest absolute Gasteiger partial charge is 0.334 e. The van der Waals surface area contributed by atoms with Crippen LogP contribution in [-0.4, -0.2) is 32.3 Å². The van der Waals surface area contributed by atoms with E-state index in [0.717, 1.165) is 34.3 Å². The summed E-state index contributed by atoms with van der Waals surface area (Å²) >= 11 is 0. The molecule has 23 heavy (non-hydrogen) atoms. The van der Waals surface area contributed by atoms with E-state index in [1.54, 1.807) is 0 Å². The number of hydrogen-bond acceptors (Lipinski definition) is 3. The maximum absolute atomic E-state index is 12.9. The normalized spacial score (nSPS) is 17.3. The fraction of sp³-hybridized carbons (Fsp3) is 0.278. The first kappa shape index (κ1) is 13.9. The maximum atomic E-state index is 12.9. The molecule has 0 saturated heterocycles. The van der Waals surface area contributed by atoms with Crippen LogP contribution in [0.5, 0.6) is 0 Å². The quantitative estimate of drug-likeness (QED) is 0.751. The highest BCUT2D eigenvalue weighted by Crippen LogP contribution is 2.29. The molecule has 5 nitrogen and oxygen atoms in total. The molecule has 1 N–H and O–H groups in total. The number of para-hydroxylation sites is 1. The average Bonchev–Trinajstić information content (AvgIpc) is 3.01. The number of aryl methyl sites for hydroxylation is 1. The molecule has 0 saturated carbocycles. The molecule has 0 radical (unpaired) electrons. The van der Waals surface area contributed by atoms with Gasteiger partial charge in [-0.15, -0.1) is 0 Å². The van der Waals surface area contributed by atoms with Gasteiger partial charge in [0.25, 0.3) is 5.91 Å². The topological polar surface area (TPSA) is 61.9 Å². The number of benzene rings is 1. The first-order chi connectivity index (χ1) is 11.1. The number of hydrogen-bond donors (Lipinski definition) is 1. The van der Waals surface area contributed by atoms with Crippen LogP contribution in [0.4, 0.5) is 0 Å². The van der Waals surface area contributed by atoms with Crippen LogP contribution in [0.25, 0.3) is 11.0 Å². The van der Waals surface area contributed by atoms with Gasteiger partial charge in [-0.2, -0.15) is 0 Å². The fourth-order valence-corrected chi connectivity index (χ4v) is 3.32. The molecule has 5 heteroatoms. The van der Waals surface area contributed by atoms with Crippen LogP contribution in [0, 0.1) is 6.92 Å². The van der Waals surface area contributed by atoms with Crippen LogP contribution in [0.1, 0.15) is 40.4 Å². The summed E-state index contributed by atoms with van der Waals surface area (Å²) in [6.07, 6.45) is 2.59. The van der Waals surface area contributed by atoms with E-state index < -0.39 is 0 Å². The molecule has 116 valence electrons. The Morgan fingerprint density at radius 1 is 1.30 bits per heavy atom. The molecule has 3 heterocycles. The van der Waals surface area contributed by atoms with E-state index in [1.807, 2.05) is 49.2 Å². The van der Waals surface area contributed by atoms with Gasteiger partial charge in [-0.3, -0.25) is 9.78 Å². The van der Waals surface area contributed by atoms with Gasteiger partial charge in [-0.05, 0) is 37.1 Å². The molecule has 0 unspecified atom stereocenters. The van der Waals surface area contributed by atoms with Gasteiger partial charge < -0.3 is 9.88 Å². The zero-order valence-corrected chi connectivity index (χ0v) is 13.2. The second kappa shape index (κ2) is 5.19. The zero-order chi connectivity index (χ0) is 16.0. The predicted molar refractivity (Wildman–Crippen MR) is 88.2 cm³/mol. The molecule has 4 rings (SSSR count).